The third-order valence-electron chi connectivity index (χ3n) is 3.91. The smallest absolute Gasteiger partial charge is 0.343 e. The van der Waals surface area contributed by atoms with E-state index >= 15 is 0 Å². The fraction of sp³-hybridized carbons (Fsp3) is 0.0455. The number of hydrogen-bond donors (Lipinski definition) is 1. The molecule has 0 aromatic heterocycles. The van der Waals surface area contributed by atoms with Gasteiger partial charge in [0.15, 0.2) is 0 Å². The molecule has 29 heavy (non-hydrogen) atoms. The van der Waals surface area contributed by atoms with Gasteiger partial charge < -0.3 is 9.47 Å². The van der Waals surface area contributed by atoms with Crippen molar-refractivity contribution in [2.45, 2.75) is 0 Å². The second-order valence-corrected chi connectivity index (χ2v) is 6.75. The predicted octanol–water partition coefficient (Wildman–Crippen LogP) is 4.44. The summed E-state index contributed by atoms with van der Waals surface area (Å²) in [7, 11) is 1.49. The minimum atomic E-state index is -0.477. The van der Waals surface area contributed by atoms with Gasteiger partial charge in [0.05, 0.1) is 24.5 Å². The van der Waals surface area contributed by atoms with E-state index < -0.39 is 11.9 Å². The highest BCUT2D eigenvalue weighted by Crippen LogP contribution is 2.23. The van der Waals surface area contributed by atoms with Crippen LogP contribution in [0.2, 0.25) is 0 Å². The van der Waals surface area contributed by atoms with E-state index in [2.05, 4.69) is 26.5 Å². The van der Waals surface area contributed by atoms with Crippen LogP contribution in [0.5, 0.6) is 11.5 Å². The summed E-state index contributed by atoms with van der Waals surface area (Å²) in [6.45, 7) is 0. The molecule has 7 heteroatoms. The van der Waals surface area contributed by atoms with Gasteiger partial charge in [-0.15, -0.1) is 0 Å². The van der Waals surface area contributed by atoms with E-state index in [1.807, 2.05) is 6.07 Å². The second-order valence-electron chi connectivity index (χ2n) is 5.84. The summed E-state index contributed by atoms with van der Waals surface area (Å²) >= 11 is 3.33. The second kappa shape index (κ2) is 9.66. The summed E-state index contributed by atoms with van der Waals surface area (Å²) in [6, 6.07) is 20.7. The molecule has 0 saturated heterocycles. The number of amides is 1. The Morgan fingerprint density at radius 1 is 0.966 bits per heavy atom. The molecular weight excluding hydrogens is 436 g/mol. The molecule has 0 atom stereocenters. The lowest BCUT2D eigenvalue weighted by Gasteiger charge is -2.08. The lowest BCUT2D eigenvalue weighted by atomic mass is 10.2. The number of rotatable bonds is 6. The van der Waals surface area contributed by atoms with Crippen LogP contribution in [0.25, 0.3) is 0 Å². The molecule has 1 N–H and O–H groups in total. The first kappa shape index (κ1) is 20.3. The third-order valence-corrected chi connectivity index (χ3v) is 4.40. The van der Waals surface area contributed by atoms with E-state index in [0.29, 0.717) is 28.2 Å². The van der Waals surface area contributed by atoms with Crippen LogP contribution in [0.15, 0.2) is 82.4 Å². The number of nitrogens with zero attached hydrogens (tertiary/aromatic N) is 1. The molecular formula is C22H17BrN2O4. The number of methoxy groups -OCH3 is 1. The number of halogens is 1. The highest BCUT2D eigenvalue weighted by atomic mass is 79.9. The van der Waals surface area contributed by atoms with Crippen molar-refractivity contribution in [1.29, 1.82) is 0 Å². The van der Waals surface area contributed by atoms with Crippen LogP contribution in [0, 0.1) is 0 Å². The predicted molar refractivity (Wildman–Crippen MR) is 114 cm³/mol. The number of hydrogen-bond acceptors (Lipinski definition) is 5. The molecule has 0 aliphatic heterocycles. The molecule has 1 amide bonds. The van der Waals surface area contributed by atoms with Crippen molar-refractivity contribution >= 4 is 34.0 Å². The van der Waals surface area contributed by atoms with E-state index in [1.165, 1.54) is 13.3 Å². The Balaban J connectivity index is 1.72. The van der Waals surface area contributed by atoms with Crippen LogP contribution in [0.1, 0.15) is 26.3 Å². The lowest BCUT2D eigenvalue weighted by Crippen LogP contribution is -2.18. The minimum absolute atomic E-state index is 0.333. The Labute approximate surface area is 176 Å². The molecule has 0 unspecified atom stereocenters. The van der Waals surface area contributed by atoms with E-state index in [9.17, 15) is 9.59 Å². The fourth-order valence-corrected chi connectivity index (χ4v) is 2.85. The summed E-state index contributed by atoms with van der Waals surface area (Å²) in [5.41, 5.74) is 3.77. The largest absolute Gasteiger partial charge is 0.496 e. The van der Waals surface area contributed by atoms with Gasteiger partial charge in [0.1, 0.15) is 11.5 Å². The maximum absolute atomic E-state index is 12.4. The van der Waals surface area contributed by atoms with Crippen LogP contribution in [0.4, 0.5) is 0 Å². The number of nitrogens with one attached hydrogen (secondary N) is 1. The molecule has 6 nitrogen and oxygen atoms in total. The Morgan fingerprint density at radius 3 is 2.45 bits per heavy atom. The van der Waals surface area contributed by atoms with Crippen LogP contribution in [0.3, 0.4) is 0 Å². The molecule has 0 fully saturated rings. The average Bonchev–Trinajstić information content (AvgIpc) is 2.75. The van der Waals surface area contributed by atoms with Gasteiger partial charge >= 0.3 is 5.97 Å². The van der Waals surface area contributed by atoms with Crippen LogP contribution in [-0.2, 0) is 0 Å². The maximum atomic E-state index is 12.4. The first-order valence-electron chi connectivity index (χ1n) is 8.61. The molecule has 0 bridgehead atoms. The number of ether oxygens (including phenoxy) is 2. The fourth-order valence-electron chi connectivity index (χ4n) is 2.49. The van der Waals surface area contributed by atoms with Crippen LogP contribution >= 0.6 is 15.9 Å². The van der Waals surface area contributed by atoms with Crippen molar-refractivity contribution in [2.24, 2.45) is 5.10 Å². The molecule has 0 spiro atoms. The van der Waals surface area contributed by atoms with Crippen LogP contribution in [-0.4, -0.2) is 25.2 Å². The molecule has 0 heterocycles. The highest BCUT2D eigenvalue weighted by molar-refractivity contribution is 9.10. The van der Waals surface area contributed by atoms with E-state index in [0.717, 1.165) is 4.47 Å². The first-order valence-corrected chi connectivity index (χ1v) is 9.41. The van der Waals surface area contributed by atoms with Gasteiger partial charge in [0.2, 0.25) is 0 Å². The van der Waals surface area contributed by atoms with Gasteiger partial charge in [-0.1, -0.05) is 46.3 Å². The molecule has 146 valence electrons. The van der Waals surface area contributed by atoms with E-state index in [1.54, 1.807) is 66.7 Å². The van der Waals surface area contributed by atoms with Gasteiger partial charge in [0.25, 0.3) is 5.91 Å². The standard InChI is InChI=1S/C22H17BrN2O4/c1-28-20-12-11-17(23)13-18(20)21(26)25-24-14-16-9-5-6-10-19(16)29-22(27)15-7-3-2-4-8-15/h2-14H,1H3,(H,25,26)/b24-14-. The Bertz CT molecular complexity index is 1050. The number of hydrazone groups is 1. The summed E-state index contributed by atoms with van der Waals surface area (Å²) in [5.74, 6) is -0.148. The molecule has 0 saturated carbocycles. The molecule has 3 aromatic carbocycles. The highest BCUT2D eigenvalue weighted by Gasteiger charge is 2.13. The number of para-hydroxylation sites is 1. The number of carbonyl (C=O) groups is 2. The Morgan fingerprint density at radius 2 is 1.69 bits per heavy atom. The van der Waals surface area contributed by atoms with Gasteiger partial charge in [-0.05, 0) is 42.5 Å². The SMILES string of the molecule is COc1ccc(Br)cc1C(=O)N/N=C\c1ccccc1OC(=O)c1ccccc1. The van der Waals surface area contributed by atoms with Crippen molar-refractivity contribution in [1.82, 2.24) is 5.43 Å². The van der Waals surface area contributed by atoms with E-state index in [-0.39, 0.29) is 0 Å². The average molecular weight is 453 g/mol. The maximum Gasteiger partial charge on any atom is 0.343 e. The third kappa shape index (κ3) is 5.30. The van der Waals surface area contributed by atoms with Gasteiger partial charge in [-0.3, -0.25) is 4.79 Å². The Kier molecular flexibility index (Phi) is 6.76. The van der Waals surface area contributed by atoms with E-state index in [4.69, 9.17) is 9.47 Å². The van der Waals surface area contributed by atoms with Crippen molar-refractivity contribution in [2.75, 3.05) is 7.11 Å². The lowest BCUT2D eigenvalue weighted by molar-refractivity contribution is 0.0734. The summed E-state index contributed by atoms with van der Waals surface area (Å²) in [6.07, 6.45) is 1.41. The summed E-state index contributed by atoms with van der Waals surface area (Å²) in [5, 5.41) is 3.98. The van der Waals surface area contributed by atoms with Gasteiger partial charge in [-0.2, -0.15) is 5.10 Å². The minimum Gasteiger partial charge on any atom is -0.496 e. The van der Waals surface area contributed by atoms with Crippen LogP contribution < -0.4 is 14.9 Å². The number of carbonyl (C=O) groups excluding carboxylic acids is 2. The van der Waals surface area contributed by atoms with Crippen molar-refractivity contribution in [3.8, 4) is 11.5 Å². The van der Waals surface area contributed by atoms with Crippen molar-refractivity contribution in [3.63, 3.8) is 0 Å². The summed E-state index contributed by atoms with van der Waals surface area (Å²) < 4.78 is 11.4. The molecule has 0 radical (unpaired) electrons. The van der Waals surface area contributed by atoms with Gasteiger partial charge in [-0.25, -0.2) is 10.2 Å². The molecule has 0 aliphatic carbocycles. The summed E-state index contributed by atoms with van der Waals surface area (Å²) in [4.78, 5) is 24.7. The topological polar surface area (TPSA) is 77.0 Å². The number of esters is 1. The van der Waals surface area contributed by atoms with Gasteiger partial charge in [0, 0.05) is 10.0 Å². The quantitative estimate of drug-likeness (QED) is 0.259. The molecule has 3 aromatic rings. The Hall–Kier alpha value is -3.45. The normalized spacial score (nSPS) is 10.6. The van der Waals surface area contributed by atoms with Crippen molar-refractivity contribution in [3.05, 3.63) is 94.0 Å². The monoisotopic (exact) mass is 452 g/mol. The zero-order chi connectivity index (χ0) is 20.6. The molecule has 3 rings (SSSR count). The zero-order valence-electron chi connectivity index (χ0n) is 15.5. The first-order chi connectivity index (χ1) is 14.1. The van der Waals surface area contributed by atoms with Crippen molar-refractivity contribution < 1.29 is 19.1 Å². The number of benzene rings is 3. The molecule has 0 aliphatic rings. The zero-order valence-corrected chi connectivity index (χ0v) is 17.0.